The highest BCUT2D eigenvalue weighted by molar-refractivity contribution is 5.90. The monoisotopic (exact) mass is 405 g/mol. The van der Waals surface area contributed by atoms with Gasteiger partial charge >= 0.3 is 12.2 Å². The van der Waals surface area contributed by atoms with Crippen molar-refractivity contribution in [2.75, 3.05) is 51.3 Å². The van der Waals surface area contributed by atoms with Gasteiger partial charge in [0.25, 0.3) is 0 Å². The first-order valence-electron chi connectivity index (χ1n) is 9.02. The first kappa shape index (κ1) is 22.3. The molecule has 1 fully saturated rings. The summed E-state index contributed by atoms with van der Waals surface area (Å²) >= 11 is 0. The van der Waals surface area contributed by atoms with E-state index in [9.17, 15) is 23.1 Å². The number of carbonyl (C=O) groups excluding carboxylic acids is 1. The highest BCUT2D eigenvalue weighted by atomic mass is 19.4. The Balaban J connectivity index is 1.96. The summed E-state index contributed by atoms with van der Waals surface area (Å²) in [5.74, 6) is 0.0641. The fourth-order valence-corrected chi connectivity index (χ4v) is 2.86. The Bertz CT molecular complexity index is 662. The first-order chi connectivity index (χ1) is 13.1. The van der Waals surface area contributed by atoms with Crippen molar-refractivity contribution in [1.29, 1.82) is 0 Å². The van der Waals surface area contributed by atoms with Crippen molar-refractivity contribution in [2.24, 2.45) is 0 Å². The molecule has 1 atom stereocenters. The number of morpholine rings is 1. The van der Waals surface area contributed by atoms with Crippen LogP contribution in [0.4, 0.5) is 23.7 Å². The van der Waals surface area contributed by atoms with E-state index in [0.29, 0.717) is 32.8 Å². The number of carbonyl (C=O) groups is 1. The molecule has 0 radical (unpaired) electrons. The van der Waals surface area contributed by atoms with Crippen molar-refractivity contribution in [2.45, 2.75) is 25.6 Å². The molecule has 3 N–H and O–H groups in total. The van der Waals surface area contributed by atoms with Gasteiger partial charge in [-0.05, 0) is 32.0 Å². The lowest BCUT2D eigenvalue weighted by atomic mass is 10.1. The molecule has 0 aliphatic carbocycles. The van der Waals surface area contributed by atoms with Gasteiger partial charge in [-0.15, -0.1) is 0 Å². The third-order valence-electron chi connectivity index (χ3n) is 4.15. The number of hydrogen-bond donors (Lipinski definition) is 3. The normalized spacial score (nSPS) is 17.6. The maximum absolute atomic E-state index is 13.3. The molecule has 1 aromatic carbocycles. The average Bonchev–Trinajstić information content (AvgIpc) is 2.61. The van der Waals surface area contributed by atoms with Crippen LogP contribution in [0.1, 0.15) is 19.4 Å². The highest BCUT2D eigenvalue weighted by Crippen LogP contribution is 2.37. The lowest BCUT2D eigenvalue weighted by Gasteiger charge is -2.33. The maximum Gasteiger partial charge on any atom is 0.418 e. The van der Waals surface area contributed by atoms with Crippen molar-refractivity contribution < 1.29 is 32.5 Å². The average molecular weight is 405 g/mol. The molecule has 0 bridgehead atoms. The maximum atomic E-state index is 13.3. The number of halogens is 3. The number of anilines is 1. The van der Waals surface area contributed by atoms with Gasteiger partial charge in [0.2, 0.25) is 0 Å². The van der Waals surface area contributed by atoms with Crippen LogP contribution < -0.4 is 15.4 Å². The van der Waals surface area contributed by atoms with Gasteiger partial charge in [-0.2, -0.15) is 13.2 Å². The Labute approximate surface area is 161 Å². The van der Waals surface area contributed by atoms with Gasteiger partial charge in [0, 0.05) is 26.2 Å². The number of urea groups is 1. The Morgan fingerprint density at radius 1 is 1.32 bits per heavy atom. The van der Waals surface area contributed by atoms with E-state index >= 15 is 0 Å². The van der Waals surface area contributed by atoms with E-state index in [0.717, 1.165) is 12.1 Å². The molecule has 1 heterocycles. The molecule has 28 heavy (non-hydrogen) atoms. The minimum atomic E-state index is -4.66. The number of nitrogens with one attached hydrogen (secondary N) is 2. The molecule has 0 aromatic heterocycles. The number of β-amino-alcohol motifs (C(OH)–C–C–N with tert-alkyl or cyclic N) is 1. The topological polar surface area (TPSA) is 83.1 Å². The smallest absolute Gasteiger partial charge is 0.418 e. The van der Waals surface area contributed by atoms with E-state index in [2.05, 4.69) is 10.6 Å². The number of amides is 2. The van der Waals surface area contributed by atoms with Crippen LogP contribution in [0.2, 0.25) is 0 Å². The second kappa shape index (κ2) is 9.44. The number of benzene rings is 1. The van der Waals surface area contributed by atoms with Gasteiger partial charge in [-0.25, -0.2) is 4.79 Å². The van der Waals surface area contributed by atoms with Crippen LogP contribution in [-0.4, -0.2) is 67.6 Å². The van der Waals surface area contributed by atoms with Gasteiger partial charge in [-0.1, -0.05) is 0 Å². The summed E-state index contributed by atoms with van der Waals surface area (Å²) in [7, 11) is 0. The van der Waals surface area contributed by atoms with Crippen LogP contribution in [0.25, 0.3) is 0 Å². The standard InChI is InChI=1S/C18H26F3N3O4/c1-3-28-13-4-5-15(14(10-13)18(19,20)21)23-16(25)22-11-17(2,26)12-24-6-8-27-9-7-24/h4-5,10,26H,3,6-9,11-12H2,1-2H3,(H2,22,23,25)/t17-/m1/s1. The minimum Gasteiger partial charge on any atom is -0.494 e. The number of rotatable bonds is 7. The van der Waals surface area contributed by atoms with Crippen LogP contribution in [-0.2, 0) is 10.9 Å². The molecule has 0 spiro atoms. The lowest BCUT2D eigenvalue weighted by Crippen LogP contribution is -2.51. The van der Waals surface area contributed by atoms with E-state index in [-0.39, 0.29) is 24.6 Å². The van der Waals surface area contributed by atoms with Gasteiger partial charge < -0.3 is 25.2 Å². The van der Waals surface area contributed by atoms with Gasteiger partial charge in [-0.3, -0.25) is 4.90 Å². The number of aliphatic hydroxyl groups is 1. The van der Waals surface area contributed by atoms with Crippen LogP contribution >= 0.6 is 0 Å². The van der Waals surface area contributed by atoms with E-state index < -0.39 is 23.4 Å². The van der Waals surface area contributed by atoms with Crippen molar-refractivity contribution >= 4 is 11.7 Å². The Morgan fingerprint density at radius 2 is 2.00 bits per heavy atom. The van der Waals surface area contributed by atoms with Crippen molar-refractivity contribution in [3.05, 3.63) is 23.8 Å². The van der Waals surface area contributed by atoms with Crippen LogP contribution in [0, 0.1) is 0 Å². The Kier molecular flexibility index (Phi) is 7.50. The molecule has 2 amide bonds. The molecule has 158 valence electrons. The Morgan fingerprint density at radius 3 is 2.61 bits per heavy atom. The van der Waals surface area contributed by atoms with Gasteiger partial charge in [0.05, 0.1) is 36.7 Å². The summed E-state index contributed by atoms with van der Waals surface area (Å²) in [5.41, 5.74) is -2.63. The molecular formula is C18H26F3N3O4. The zero-order valence-electron chi connectivity index (χ0n) is 15.9. The molecule has 1 aliphatic rings. The molecule has 1 aliphatic heterocycles. The molecule has 0 unspecified atom stereocenters. The fraction of sp³-hybridized carbons (Fsp3) is 0.611. The molecule has 1 saturated heterocycles. The highest BCUT2D eigenvalue weighted by Gasteiger charge is 2.35. The van der Waals surface area contributed by atoms with E-state index in [1.165, 1.54) is 6.07 Å². The van der Waals surface area contributed by atoms with E-state index in [1.54, 1.807) is 13.8 Å². The van der Waals surface area contributed by atoms with Crippen molar-refractivity contribution in [1.82, 2.24) is 10.2 Å². The second-order valence-electron chi connectivity index (χ2n) is 6.83. The Hall–Kier alpha value is -2.04. The molecule has 10 heteroatoms. The lowest BCUT2D eigenvalue weighted by molar-refractivity contribution is -0.137. The quantitative estimate of drug-likeness (QED) is 0.649. The number of nitrogens with zero attached hydrogens (tertiary/aromatic N) is 1. The molecular weight excluding hydrogens is 379 g/mol. The fourth-order valence-electron chi connectivity index (χ4n) is 2.86. The molecule has 7 nitrogen and oxygen atoms in total. The summed E-state index contributed by atoms with van der Waals surface area (Å²) < 4.78 is 50.1. The number of hydrogen-bond acceptors (Lipinski definition) is 5. The van der Waals surface area contributed by atoms with E-state index in [1.807, 2.05) is 4.90 Å². The minimum absolute atomic E-state index is 0.0641. The third kappa shape index (κ3) is 6.84. The molecule has 2 rings (SSSR count). The summed E-state index contributed by atoms with van der Waals surface area (Å²) in [6.07, 6.45) is -4.66. The van der Waals surface area contributed by atoms with Crippen LogP contribution in [0.3, 0.4) is 0 Å². The van der Waals surface area contributed by atoms with Crippen LogP contribution in [0.5, 0.6) is 5.75 Å². The largest absolute Gasteiger partial charge is 0.494 e. The molecule has 1 aromatic rings. The first-order valence-corrected chi connectivity index (χ1v) is 9.02. The van der Waals surface area contributed by atoms with Crippen molar-refractivity contribution in [3.63, 3.8) is 0 Å². The van der Waals surface area contributed by atoms with Gasteiger partial charge in [0.1, 0.15) is 5.75 Å². The zero-order chi connectivity index (χ0) is 20.8. The SMILES string of the molecule is CCOc1ccc(NC(=O)NC[C@@](C)(O)CN2CCOCC2)c(C(F)(F)F)c1. The summed E-state index contributed by atoms with van der Waals surface area (Å²) in [4.78, 5) is 14.1. The summed E-state index contributed by atoms with van der Waals surface area (Å²) in [6, 6.07) is 2.49. The third-order valence-corrected chi connectivity index (χ3v) is 4.15. The summed E-state index contributed by atoms with van der Waals surface area (Å²) in [5, 5.41) is 15.1. The van der Waals surface area contributed by atoms with Gasteiger partial charge in [0.15, 0.2) is 0 Å². The van der Waals surface area contributed by atoms with E-state index in [4.69, 9.17) is 9.47 Å². The zero-order valence-corrected chi connectivity index (χ0v) is 15.9. The summed E-state index contributed by atoms with van der Waals surface area (Å²) in [6.45, 7) is 6.12. The second-order valence-corrected chi connectivity index (χ2v) is 6.83. The van der Waals surface area contributed by atoms with Crippen LogP contribution in [0.15, 0.2) is 18.2 Å². The number of ether oxygens (including phenoxy) is 2. The number of alkyl halides is 3. The predicted octanol–water partition coefficient (Wildman–Crippen LogP) is 2.31. The van der Waals surface area contributed by atoms with Crippen molar-refractivity contribution in [3.8, 4) is 5.75 Å². The predicted molar refractivity (Wildman–Crippen MR) is 97.5 cm³/mol. The molecule has 0 saturated carbocycles.